The number of hydrogen-bond acceptors (Lipinski definition) is 6. The van der Waals surface area contributed by atoms with Crippen LogP contribution in [0.25, 0.3) is 0 Å². The molecule has 0 aliphatic heterocycles. The van der Waals surface area contributed by atoms with E-state index in [0.29, 0.717) is 30.3 Å². The lowest BCUT2D eigenvalue weighted by atomic mass is 10.2. The van der Waals surface area contributed by atoms with Crippen molar-refractivity contribution in [3.63, 3.8) is 0 Å². The van der Waals surface area contributed by atoms with Crippen molar-refractivity contribution in [2.75, 3.05) is 7.11 Å². The van der Waals surface area contributed by atoms with Crippen LogP contribution in [-0.2, 0) is 13.2 Å². The molecule has 0 saturated heterocycles. The number of aryl methyl sites for hydroxylation is 1. The van der Waals surface area contributed by atoms with E-state index in [0.717, 1.165) is 22.7 Å². The Morgan fingerprint density at radius 3 is 2.58 bits per heavy atom. The van der Waals surface area contributed by atoms with Gasteiger partial charge in [0.25, 0.3) is 0 Å². The third-order valence-electron chi connectivity index (χ3n) is 3.68. The van der Waals surface area contributed by atoms with Crippen LogP contribution in [-0.4, -0.2) is 18.4 Å². The van der Waals surface area contributed by atoms with Gasteiger partial charge in [-0.25, -0.2) is 4.98 Å². The Morgan fingerprint density at radius 2 is 1.85 bits per heavy atom. The fourth-order valence-electron chi connectivity index (χ4n) is 2.29. The van der Waals surface area contributed by atoms with Gasteiger partial charge in [-0.2, -0.15) is 0 Å². The van der Waals surface area contributed by atoms with Crippen LogP contribution in [0.4, 0.5) is 0 Å². The van der Waals surface area contributed by atoms with Crippen molar-refractivity contribution >= 4 is 17.6 Å². The van der Waals surface area contributed by atoms with Crippen molar-refractivity contribution in [1.29, 1.82) is 0 Å². The molecule has 0 aliphatic carbocycles. The first-order valence-electron chi connectivity index (χ1n) is 8.06. The molecule has 0 N–H and O–H groups in total. The van der Waals surface area contributed by atoms with Crippen molar-refractivity contribution in [3.8, 4) is 17.2 Å². The second-order valence-corrected chi connectivity index (χ2v) is 6.59. The Bertz CT molecular complexity index is 874. The molecule has 0 aliphatic rings. The van der Waals surface area contributed by atoms with Crippen LogP contribution in [0, 0.1) is 6.92 Å². The Morgan fingerprint density at radius 1 is 1.04 bits per heavy atom. The number of thiazole rings is 1. The molecule has 0 radical (unpaired) electrons. The molecule has 0 unspecified atom stereocenters. The van der Waals surface area contributed by atoms with Gasteiger partial charge >= 0.3 is 0 Å². The van der Waals surface area contributed by atoms with Gasteiger partial charge < -0.3 is 14.2 Å². The summed E-state index contributed by atoms with van der Waals surface area (Å²) in [4.78, 5) is 15.4. The van der Waals surface area contributed by atoms with Crippen molar-refractivity contribution in [3.05, 3.63) is 69.7 Å². The first-order valence-corrected chi connectivity index (χ1v) is 8.94. The van der Waals surface area contributed by atoms with Gasteiger partial charge in [0, 0.05) is 10.9 Å². The zero-order valence-electron chi connectivity index (χ0n) is 14.6. The molecule has 6 heteroatoms. The maximum atomic E-state index is 10.8. The SMILES string of the molecule is COc1cc(C=O)ccc1OCc1csc(COc2ccc(C)cc2)n1. The van der Waals surface area contributed by atoms with E-state index < -0.39 is 0 Å². The molecule has 3 rings (SSSR count). The van der Waals surface area contributed by atoms with Crippen molar-refractivity contribution in [1.82, 2.24) is 4.98 Å². The van der Waals surface area contributed by atoms with Crippen LogP contribution in [0.2, 0.25) is 0 Å². The molecule has 5 nitrogen and oxygen atoms in total. The molecule has 3 aromatic rings. The standard InChI is InChI=1S/C20H19NO4S/c1-14-3-6-17(7-4-14)24-12-20-21-16(13-26-20)11-25-18-8-5-15(10-22)9-19(18)23-2/h3-10,13H,11-12H2,1-2H3. The topological polar surface area (TPSA) is 57.7 Å². The molecule has 0 fully saturated rings. The third-order valence-corrected chi connectivity index (χ3v) is 4.55. The van der Waals surface area contributed by atoms with Crippen LogP contribution in [0.3, 0.4) is 0 Å². The summed E-state index contributed by atoms with van der Waals surface area (Å²) in [7, 11) is 1.54. The molecular weight excluding hydrogens is 350 g/mol. The molecule has 0 saturated carbocycles. The number of carbonyl (C=O) groups excluding carboxylic acids is 1. The molecule has 1 aromatic heterocycles. The summed E-state index contributed by atoms with van der Waals surface area (Å²) in [5, 5.41) is 2.83. The van der Waals surface area contributed by atoms with Gasteiger partial charge in [0.05, 0.1) is 12.8 Å². The highest BCUT2D eigenvalue weighted by atomic mass is 32.1. The van der Waals surface area contributed by atoms with E-state index in [9.17, 15) is 4.79 Å². The van der Waals surface area contributed by atoms with Crippen molar-refractivity contribution in [2.24, 2.45) is 0 Å². The fraction of sp³-hybridized carbons (Fsp3) is 0.200. The van der Waals surface area contributed by atoms with Crippen LogP contribution in [0.1, 0.15) is 26.6 Å². The lowest BCUT2D eigenvalue weighted by Crippen LogP contribution is -2.00. The predicted molar refractivity (Wildman–Crippen MR) is 100 cm³/mol. The molecular formula is C20H19NO4S. The fourth-order valence-corrected chi connectivity index (χ4v) is 2.98. The highest BCUT2D eigenvalue weighted by Crippen LogP contribution is 2.28. The number of aromatic nitrogens is 1. The van der Waals surface area contributed by atoms with E-state index in [1.165, 1.54) is 16.9 Å². The Hall–Kier alpha value is -2.86. The number of rotatable bonds is 8. The lowest BCUT2D eigenvalue weighted by molar-refractivity contribution is 0.112. The number of carbonyl (C=O) groups is 1. The molecule has 0 spiro atoms. The quantitative estimate of drug-likeness (QED) is 0.550. The largest absolute Gasteiger partial charge is 0.493 e. The summed E-state index contributed by atoms with van der Waals surface area (Å²) in [6, 6.07) is 13.0. The molecule has 26 heavy (non-hydrogen) atoms. The summed E-state index contributed by atoms with van der Waals surface area (Å²) in [6.45, 7) is 2.78. The average Bonchev–Trinajstić information content (AvgIpc) is 3.13. The average molecular weight is 369 g/mol. The second kappa shape index (κ2) is 8.49. The van der Waals surface area contributed by atoms with Gasteiger partial charge in [0.2, 0.25) is 0 Å². The first kappa shape index (κ1) is 17.9. The summed E-state index contributed by atoms with van der Waals surface area (Å²) in [6.07, 6.45) is 0.771. The van der Waals surface area contributed by atoms with E-state index in [-0.39, 0.29) is 0 Å². The van der Waals surface area contributed by atoms with E-state index in [1.54, 1.807) is 25.3 Å². The van der Waals surface area contributed by atoms with Gasteiger partial charge in [-0.15, -0.1) is 11.3 Å². The second-order valence-electron chi connectivity index (χ2n) is 5.65. The molecule has 2 aromatic carbocycles. The lowest BCUT2D eigenvalue weighted by Gasteiger charge is -2.10. The van der Waals surface area contributed by atoms with Gasteiger partial charge in [-0.1, -0.05) is 17.7 Å². The summed E-state index contributed by atoms with van der Waals surface area (Å²) >= 11 is 1.53. The van der Waals surface area contributed by atoms with Gasteiger partial charge in [0.1, 0.15) is 30.3 Å². The number of methoxy groups -OCH3 is 1. The molecule has 1 heterocycles. The number of ether oxygens (including phenoxy) is 3. The van der Waals surface area contributed by atoms with Crippen LogP contribution < -0.4 is 14.2 Å². The molecule has 0 amide bonds. The van der Waals surface area contributed by atoms with Gasteiger partial charge in [0.15, 0.2) is 11.5 Å². The van der Waals surface area contributed by atoms with Crippen LogP contribution in [0.5, 0.6) is 17.2 Å². The predicted octanol–water partition coefficient (Wildman–Crippen LogP) is 4.43. The van der Waals surface area contributed by atoms with Gasteiger partial charge in [-0.3, -0.25) is 4.79 Å². The van der Waals surface area contributed by atoms with Crippen molar-refractivity contribution in [2.45, 2.75) is 20.1 Å². The molecule has 0 bridgehead atoms. The number of hydrogen-bond donors (Lipinski definition) is 0. The van der Waals surface area contributed by atoms with Crippen LogP contribution >= 0.6 is 11.3 Å². The zero-order valence-corrected chi connectivity index (χ0v) is 15.4. The highest BCUT2D eigenvalue weighted by Gasteiger charge is 2.08. The third kappa shape index (κ3) is 4.61. The number of aldehydes is 1. The number of benzene rings is 2. The Balaban J connectivity index is 1.57. The van der Waals surface area contributed by atoms with E-state index >= 15 is 0 Å². The number of nitrogens with zero attached hydrogens (tertiary/aromatic N) is 1. The van der Waals surface area contributed by atoms with Crippen molar-refractivity contribution < 1.29 is 19.0 Å². The summed E-state index contributed by atoms with van der Waals surface area (Å²) < 4.78 is 16.8. The normalized spacial score (nSPS) is 10.4. The first-order chi connectivity index (χ1) is 12.7. The summed E-state index contributed by atoms with van der Waals surface area (Å²) in [5.41, 5.74) is 2.56. The highest BCUT2D eigenvalue weighted by molar-refractivity contribution is 7.09. The molecule has 134 valence electrons. The van der Waals surface area contributed by atoms with Gasteiger partial charge in [-0.05, 0) is 37.3 Å². The Labute approximate surface area is 156 Å². The minimum absolute atomic E-state index is 0.317. The van der Waals surface area contributed by atoms with E-state index in [1.807, 2.05) is 36.6 Å². The minimum atomic E-state index is 0.317. The smallest absolute Gasteiger partial charge is 0.161 e. The maximum Gasteiger partial charge on any atom is 0.161 e. The van der Waals surface area contributed by atoms with E-state index in [4.69, 9.17) is 14.2 Å². The molecule has 0 atom stereocenters. The van der Waals surface area contributed by atoms with E-state index in [2.05, 4.69) is 4.98 Å². The maximum absolute atomic E-state index is 10.8. The zero-order chi connectivity index (χ0) is 18.4. The monoisotopic (exact) mass is 369 g/mol. The summed E-state index contributed by atoms with van der Waals surface area (Å²) in [5.74, 6) is 1.92. The van der Waals surface area contributed by atoms with Crippen LogP contribution in [0.15, 0.2) is 47.8 Å². The minimum Gasteiger partial charge on any atom is -0.493 e. The Kier molecular flexibility index (Phi) is 5.86.